The molecule has 1 aliphatic heterocycles. The molecule has 0 aliphatic carbocycles. The lowest BCUT2D eigenvalue weighted by molar-refractivity contribution is 0.0322. The molecule has 1 saturated heterocycles. The van der Waals surface area contributed by atoms with Gasteiger partial charge in [0.05, 0.1) is 13.2 Å². The summed E-state index contributed by atoms with van der Waals surface area (Å²) >= 11 is 0. The Morgan fingerprint density at radius 2 is 2.11 bits per heavy atom. The van der Waals surface area contributed by atoms with Gasteiger partial charge in [-0.1, -0.05) is 0 Å². The second kappa shape index (κ2) is 6.47. The fourth-order valence-electron chi connectivity index (χ4n) is 1.85. The van der Waals surface area contributed by atoms with Crippen molar-refractivity contribution in [2.45, 2.75) is 0 Å². The lowest BCUT2D eigenvalue weighted by Crippen LogP contribution is -2.38. The van der Waals surface area contributed by atoms with Crippen LogP contribution in [-0.4, -0.2) is 50.6 Å². The maximum Gasteiger partial charge on any atom is 0.150 e. The van der Waals surface area contributed by atoms with Crippen LogP contribution in [0, 0.1) is 5.82 Å². The maximum absolute atomic E-state index is 13.1. The molecule has 0 spiro atoms. The van der Waals surface area contributed by atoms with Gasteiger partial charge in [-0.25, -0.2) is 4.39 Å². The molecule has 0 amide bonds. The Labute approximate surface area is 105 Å². The van der Waals surface area contributed by atoms with Gasteiger partial charge >= 0.3 is 0 Å². The molecular formula is C13H16FNO3. The van der Waals surface area contributed by atoms with Crippen LogP contribution in [0.5, 0.6) is 5.75 Å². The maximum atomic E-state index is 13.1. The minimum Gasteiger partial charge on any atom is -0.492 e. The summed E-state index contributed by atoms with van der Waals surface area (Å²) in [5.41, 5.74) is 0.288. The van der Waals surface area contributed by atoms with Crippen molar-refractivity contribution >= 4 is 6.29 Å². The largest absolute Gasteiger partial charge is 0.492 e. The normalized spacial score (nSPS) is 16.5. The van der Waals surface area contributed by atoms with Gasteiger partial charge in [0.1, 0.15) is 24.5 Å². The summed E-state index contributed by atoms with van der Waals surface area (Å²) < 4.78 is 23.8. The van der Waals surface area contributed by atoms with Crippen LogP contribution in [0.15, 0.2) is 18.2 Å². The lowest BCUT2D eigenvalue weighted by atomic mass is 10.2. The molecule has 1 fully saturated rings. The molecule has 18 heavy (non-hydrogen) atoms. The van der Waals surface area contributed by atoms with Gasteiger partial charge in [0.2, 0.25) is 0 Å². The highest BCUT2D eigenvalue weighted by Crippen LogP contribution is 2.15. The van der Waals surface area contributed by atoms with E-state index in [1.165, 1.54) is 18.2 Å². The van der Waals surface area contributed by atoms with Crippen molar-refractivity contribution in [1.29, 1.82) is 0 Å². The van der Waals surface area contributed by atoms with Crippen molar-refractivity contribution in [3.8, 4) is 5.75 Å². The van der Waals surface area contributed by atoms with Crippen LogP contribution in [0.4, 0.5) is 4.39 Å². The van der Waals surface area contributed by atoms with Crippen molar-refractivity contribution < 1.29 is 18.7 Å². The zero-order valence-corrected chi connectivity index (χ0v) is 10.1. The monoisotopic (exact) mass is 253 g/mol. The number of carbonyl (C=O) groups is 1. The molecule has 1 aliphatic rings. The van der Waals surface area contributed by atoms with Crippen LogP contribution in [0.2, 0.25) is 0 Å². The number of nitrogens with zero attached hydrogens (tertiary/aromatic N) is 1. The van der Waals surface area contributed by atoms with Crippen LogP contribution in [0.1, 0.15) is 10.4 Å². The first kappa shape index (κ1) is 13.0. The Morgan fingerprint density at radius 3 is 2.83 bits per heavy atom. The summed E-state index contributed by atoms with van der Waals surface area (Å²) in [7, 11) is 0. The quantitative estimate of drug-likeness (QED) is 0.742. The molecule has 4 nitrogen and oxygen atoms in total. The van der Waals surface area contributed by atoms with Gasteiger partial charge in [-0.2, -0.15) is 0 Å². The number of benzene rings is 1. The summed E-state index contributed by atoms with van der Waals surface area (Å²) in [6.07, 6.45) is 0.609. The van der Waals surface area contributed by atoms with Crippen molar-refractivity contribution in [2.75, 3.05) is 39.5 Å². The number of aldehydes is 1. The zero-order chi connectivity index (χ0) is 12.8. The van der Waals surface area contributed by atoms with Crippen LogP contribution in [0.3, 0.4) is 0 Å². The molecule has 98 valence electrons. The van der Waals surface area contributed by atoms with Crippen molar-refractivity contribution in [2.24, 2.45) is 0 Å². The summed E-state index contributed by atoms with van der Waals surface area (Å²) in [6, 6.07) is 4.00. The van der Waals surface area contributed by atoms with E-state index in [-0.39, 0.29) is 5.56 Å². The topological polar surface area (TPSA) is 38.8 Å². The van der Waals surface area contributed by atoms with E-state index >= 15 is 0 Å². The molecule has 1 aromatic rings. The molecule has 1 aromatic carbocycles. The lowest BCUT2D eigenvalue weighted by Gasteiger charge is -2.26. The average molecular weight is 253 g/mol. The van der Waals surface area contributed by atoms with Crippen molar-refractivity contribution in [3.05, 3.63) is 29.6 Å². The highest BCUT2D eigenvalue weighted by Gasteiger charge is 2.10. The summed E-state index contributed by atoms with van der Waals surface area (Å²) in [5.74, 6) is -0.0636. The Kier molecular flexibility index (Phi) is 4.66. The van der Waals surface area contributed by atoms with Gasteiger partial charge < -0.3 is 9.47 Å². The third-order valence-electron chi connectivity index (χ3n) is 2.81. The van der Waals surface area contributed by atoms with E-state index in [0.717, 1.165) is 32.8 Å². The van der Waals surface area contributed by atoms with E-state index in [9.17, 15) is 9.18 Å². The Balaban J connectivity index is 1.82. The molecule has 2 rings (SSSR count). The molecule has 0 radical (unpaired) electrons. The highest BCUT2D eigenvalue weighted by molar-refractivity contribution is 5.75. The van der Waals surface area contributed by atoms with E-state index < -0.39 is 5.82 Å². The molecule has 0 unspecified atom stereocenters. The Bertz CT molecular complexity index is 405. The smallest absolute Gasteiger partial charge is 0.150 e. The standard InChI is InChI=1S/C13H16FNO3/c14-12-7-11(10-16)8-13(9-12)18-6-3-15-1-4-17-5-2-15/h7-10H,1-6H2. The first-order valence-electron chi connectivity index (χ1n) is 5.96. The van der Waals surface area contributed by atoms with Crippen LogP contribution in [0.25, 0.3) is 0 Å². The van der Waals surface area contributed by atoms with E-state index in [2.05, 4.69) is 4.90 Å². The summed E-state index contributed by atoms with van der Waals surface area (Å²) in [6.45, 7) is 4.53. The zero-order valence-electron chi connectivity index (χ0n) is 10.1. The van der Waals surface area contributed by atoms with E-state index in [1.54, 1.807) is 0 Å². The van der Waals surface area contributed by atoms with Gasteiger partial charge in [0.15, 0.2) is 0 Å². The summed E-state index contributed by atoms with van der Waals surface area (Å²) in [4.78, 5) is 12.8. The minimum atomic E-state index is -0.457. The fraction of sp³-hybridized carbons (Fsp3) is 0.462. The molecule has 1 heterocycles. The third kappa shape index (κ3) is 3.78. The van der Waals surface area contributed by atoms with E-state index in [0.29, 0.717) is 18.6 Å². The SMILES string of the molecule is O=Cc1cc(F)cc(OCCN2CCOCC2)c1. The second-order valence-corrected chi connectivity index (χ2v) is 4.14. The van der Waals surface area contributed by atoms with E-state index in [4.69, 9.17) is 9.47 Å². The summed E-state index contributed by atoms with van der Waals surface area (Å²) in [5, 5.41) is 0. The van der Waals surface area contributed by atoms with E-state index in [1.807, 2.05) is 0 Å². The first-order chi connectivity index (χ1) is 8.78. The van der Waals surface area contributed by atoms with Crippen LogP contribution < -0.4 is 4.74 Å². The van der Waals surface area contributed by atoms with Crippen LogP contribution in [-0.2, 0) is 4.74 Å². The second-order valence-electron chi connectivity index (χ2n) is 4.14. The van der Waals surface area contributed by atoms with Gasteiger partial charge in [-0.15, -0.1) is 0 Å². The number of hydrogen-bond donors (Lipinski definition) is 0. The first-order valence-corrected chi connectivity index (χ1v) is 5.96. The molecule has 0 saturated carbocycles. The molecule has 0 N–H and O–H groups in total. The van der Waals surface area contributed by atoms with Gasteiger partial charge in [0.25, 0.3) is 0 Å². The number of rotatable bonds is 5. The average Bonchev–Trinajstić information content (AvgIpc) is 2.39. The number of morpholine rings is 1. The number of carbonyl (C=O) groups excluding carboxylic acids is 1. The fourth-order valence-corrected chi connectivity index (χ4v) is 1.85. The van der Waals surface area contributed by atoms with Crippen molar-refractivity contribution in [1.82, 2.24) is 4.90 Å². The highest BCUT2D eigenvalue weighted by atomic mass is 19.1. The number of ether oxygens (including phenoxy) is 2. The van der Waals surface area contributed by atoms with Crippen LogP contribution >= 0.6 is 0 Å². The molecule has 0 aromatic heterocycles. The third-order valence-corrected chi connectivity index (χ3v) is 2.81. The predicted molar refractivity (Wildman–Crippen MR) is 64.5 cm³/mol. The number of halogens is 1. The molecular weight excluding hydrogens is 237 g/mol. The van der Waals surface area contributed by atoms with Gasteiger partial charge in [0, 0.05) is 31.3 Å². The van der Waals surface area contributed by atoms with Gasteiger partial charge in [-0.3, -0.25) is 9.69 Å². The molecule has 0 bridgehead atoms. The Morgan fingerprint density at radius 1 is 1.33 bits per heavy atom. The Hall–Kier alpha value is -1.46. The number of hydrogen-bond acceptors (Lipinski definition) is 4. The van der Waals surface area contributed by atoms with Gasteiger partial charge in [-0.05, 0) is 12.1 Å². The molecule has 5 heteroatoms. The minimum absolute atomic E-state index is 0.288. The molecule has 0 atom stereocenters. The van der Waals surface area contributed by atoms with Crippen molar-refractivity contribution in [3.63, 3.8) is 0 Å². The predicted octanol–water partition coefficient (Wildman–Crippen LogP) is 1.35.